The van der Waals surface area contributed by atoms with Crippen molar-refractivity contribution in [1.29, 1.82) is 0 Å². The van der Waals surface area contributed by atoms with Crippen molar-refractivity contribution in [3.05, 3.63) is 51.4 Å². The van der Waals surface area contributed by atoms with E-state index in [9.17, 15) is 13.2 Å². The topological polar surface area (TPSA) is 86.4 Å². The fourth-order valence-corrected chi connectivity index (χ4v) is 4.43. The third-order valence-electron chi connectivity index (χ3n) is 3.98. The third-order valence-corrected chi connectivity index (χ3v) is 6.24. The minimum Gasteiger partial charge on any atom is -0.366 e. The van der Waals surface area contributed by atoms with Gasteiger partial charge in [0, 0.05) is 26.2 Å². The van der Waals surface area contributed by atoms with Crippen LogP contribution in [-0.4, -0.2) is 49.1 Å². The summed E-state index contributed by atoms with van der Waals surface area (Å²) in [6.45, 7) is 3.38. The number of aromatic nitrogens is 2. The second-order valence-corrected chi connectivity index (χ2v) is 7.92. The lowest BCUT2D eigenvalue weighted by Gasteiger charge is -2.35. The fraction of sp³-hybridized carbons (Fsp3) is 0.333. The molecule has 9 heteroatoms. The van der Waals surface area contributed by atoms with Gasteiger partial charge in [0.1, 0.15) is 5.02 Å². The molecule has 0 aliphatic carbocycles. The van der Waals surface area contributed by atoms with Crippen molar-refractivity contribution in [2.45, 2.75) is 11.8 Å². The maximum absolute atomic E-state index is 12.7. The highest BCUT2D eigenvalue weighted by atomic mass is 35.5. The summed E-state index contributed by atoms with van der Waals surface area (Å²) in [7, 11) is -3.52. The molecule has 1 saturated heterocycles. The van der Waals surface area contributed by atoms with Crippen LogP contribution in [0.3, 0.4) is 0 Å². The van der Waals surface area contributed by atoms with Gasteiger partial charge in [-0.15, -0.1) is 0 Å². The van der Waals surface area contributed by atoms with E-state index in [-0.39, 0.29) is 5.02 Å². The summed E-state index contributed by atoms with van der Waals surface area (Å²) in [5.74, 6) is 0. The van der Waals surface area contributed by atoms with Gasteiger partial charge >= 0.3 is 0 Å². The van der Waals surface area contributed by atoms with Crippen molar-refractivity contribution in [3.8, 4) is 0 Å². The van der Waals surface area contributed by atoms with Crippen LogP contribution >= 0.6 is 11.6 Å². The highest BCUT2D eigenvalue weighted by Crippen LogP contribution is 2.24. The molecule has 0 unspecified atom stereocenters. The monoisotopic (exact) mass is 368 g/mol. The second-order valence-electron chi connectivity index (χ2n) is 5.61. The number of hydrogen-bond acceptors (Lipinski definition) is 5. The minimum atomic E-state index is -3.52. The molecule has 3 rings (SSSR count). The number of H-pyrrole nitrogens is 1. The van der Waals surface area contributed by atoms with Gasteiger partial charge in [0.2, 0.25) is 10.0 Å². The number of aryl methyl sites for hydroxylation is 1. The summed E-state index contributed by atoms with van der Waals surface area (Å²) in [4.78, 5) is 13.7. The van der Waals surface area contributed by atoms with Crippen LogP contribution in [0.4, 0.5) is 5.69 Å². The molecule has 0 amide bonds. The van der Waals surface area contributed by atoms with Crippen LogP contribution in [0, 0.1) is 6.92 Å². The zero-order chi connectivity index (χ0) is 17.3. The Bertz CT molecular complexity index is 905. The summed E-state index contributed by atoms with van der Waals surface area (Å²) in [5.41, 5.74) is 0.966. The van der Waals surface area contributed by atoms with Gasteiger partial charge in [0.25, 0.3) is 5.56 Å². The first-order valence-corrected chi connectivity index (χ1v) is 9.26. The van der Waals surface area contributed by atoms with Crippen molar-refractivity contribution >= 4 is 27.3 Å². The number of rotatable bonds is 3. The molecule has 1 fully saturated rings. The van der Waals surface area contributed by atoms with Crippen LogP contribution in [0.25, 0.3) is 0 Å². The summed E-state index contributed by atoms with van der Waals surface area (Å²) >= 11 is 6.01. The largest absolute Gasteiger partial charge is 0.366 e. The Morgan fingerprint density at radius 3 is 2.58 bits per heavy atom. The molecule has 2 heterocycles. The number of nitrogens with one attached hydrogen (secondary N) is 1. The van der Waals surface area contributed by atoms with E-state index in [1.54, 1.807) is 18.2 Å². The summed E-state index contributed by atoms with van der Waals surface area (Å²) < 4.78 is 26.9. The van der Waals surface area contributed by atoms with Crippen LogP contribution in [-0.2, 0) is 10.0 Å². The number of aromatic amines is 1. The van der Waals surface area contributed by atoms with E-state index in [4.69, 9.17) is 11.6 Å². The highest BCUT2D eigenvalue weighted by molar-refractivity contribution is 7.89. The maximum Gasteiger partial charge on any atom is 0.285 e. The van der Waals surface area contributed by atoms with Gasteiger partial charge in [0.05, 0.1) is 16.8 Å². The molecule has 0 spiro atoms. The van der Waals surface area contributed by atoms with Crippen LogP contribution in [0.5, 0.6) is 0 Å². The Morgan fingerprint density at radius 1 is 1.21 bits per heavy atom. The molecule has 7 nitrogen and oxygen atoms in total. The maximum atomic E-state index is 12.7. The van der Waals surface area contributed by atoms with Crippen molar-refractivity contribution < 1.29 is 8.42 Å². The third kappa shape index (κ3) is 3.17. The number of halogens is 1. The van der Waals surface area contributed by atoms with E-state index in [0.717, 1.165) is 5.56 Å². The molecule has 0 radical (unpaired) electrons. The number of benzene rings is 1. The van der Waals surface area contributed by atoms with Crippen LogP contribution < -0.4 is 10.5 Å². The molecular formula is C15H17ClN4O3S. The summed E-state index contributed by atoms with van der Waals surface area (Å²) in [6.07, 6.45) is 1.48. The van der Waals surface area contributed by atoms with Crippen molar-refractivity contribution in [2.75, 3.05) is 31.1 Å². The average Bonchev–Trinajstić information content (AvgIpc) is 2.57. The first-order valence-electron chi connectivity index (χ1n) is 7.44. The predicted octanol–water partition coefficient (Wildman–Crippen LogP) is 1.24. The average molecular weight is 369 g/mol. The molecule has 128 valence electrons. The Labute approximate surface area is 144 Å². The van der Waals surface area contributed by atoms with Crippen LogP contribution in [0.2, 0.25) is 5.02 Å². The van der Waals surface area contributed by atoms with Crippen molar-refractivity contribution in [3.63, 3.8) is 0 Å². The molecule has 1 aliphatic rings. The van der Waals surface area contributed by atoms with Crippen molar-refractivity contribution in [2.24, 2.45) is 0 Å². The van der Waals surface area contributed by atoms with E-state index in [1.807, 2.05) is 17.9 Å². The lowest BCUT2D eigenvalue weighted by molar-refractivity contribution is 0.384. The molecule has 2 aromatic rings. The predicted molar refractivity (Wildman–Crippen MR) is 92.0 cm³/mol. The minimum absolute atomic E-state index is 0.0694. The summed E-state index contributed by atoms with van der Waals surface area (Å²) in [6, 6.07) is 6.87. The Balaban J connectivity index is 1.77. The first kappa shape index (κ1) is 16.9. The smallest absolute Gasteiger partial charge is 0.285 e. The molecule has 0 saturated carbocycles. The second kappa shape index (κ2) is 6.54. The van der Waals surface area contributed by atoms with Crippen LogP contribution in [0.15, 0.2) is 40.2 Å². The van der Waals surface area contributed by atoms with E-state index < -0.39 is 15.6 Å². The SMILES string of the molecule is Cc1cccc(S(=O)(=O)N2CCN(c3cn[nH]c(=O)c3Cl)CC2)c1. The van der Waals surface area contributed by atoms with Crippen molar-refractivity contribution in [1.82, 2.24) is 14.5 Å². The Kier molecular flexibility index (Phi) is 4.62. The van der Waals surface area contributed by atoms with Gasteiger partial charge in [-0.3, -0.25) is 4.79 Å². The van der Waals surface area contributed by atoms with Gasteiger partial charge in [-0.1, -0.05) is 23.7 Å². The zero-order valence-electron chi connectivity index (χ0n) is 13.1. The molecule has 1 N–H and O–H groups in total. The molecule has 0 atom stereocenters. The fourth-order valence-electron chi connectivity index (χ4n) is 2.69. The Morgan fingerprint density at radius 2 is 1.92 bits per heavy atom. The lowest BCUT2D eigenvalue weighted by Crippen LogP contribution is -2.49. The number of nitrogens with zero attached hydrogens (tertiary/aromatic N) is 3. The molecule has 1 aromatic carbocycles. The van der Waals surface area contributed by atoms with E-state index >= 15 is 0 Å². The molecule has 1 aliphatic heterocycles. The van der Waals surface area contributed by atoms with Gasteiger partial charge < -0.3 is 4.90 Å². The normalized spacial score (nSPS) is 16.3. The standard InChI is InChI=1S/C15H17ClN4O3S/c1-11-3-2-4-12(9-11)24(22,23)20-7-5-19(6-8-20)13-10-17-18-15(21)14(13)16/h2-4,9-10H,5-8H2,1H3,(H,18,21). The van der Waals surface area contributed by atoms with E-state index in [0.29, 0.717) is 36.8 Å². The number of hydrogen-bond donors (Lipinski definition) is 1. The number of sulfonamides is 1. The molecular weight excluding hydrogens is 352 g/mol. The highest BCUT2D eigenvalue weighted by Gasteiger charge is 2.29. The van der Waals surface area contributed by atoms with Gasteiger partial charge in [-0.05, 0) is 24.6 Å². The molecule has 1 aromatic heterocycles. The lowest BCUT2D eigenvalue weighted by atomic mass is 10.2. The first-order chi connectivity index (χ1) is 11.4. The Hall–Kier alpha value is -1.90. The number of anilines is 1. The molecule has 24 heavy (non-hydrogen) atoms. The van der Waals surface area contributed by atoms with Gasteiger partial charge in [-0.2, -0.15) is 9.40 Å². The zero-order valence-corrected chi connectivity index (χ0v) is 14.6. The van der Waals surface area contributed by atoms with E-state index in [1.165, 1.54) is 10.5 Å². The van der Waals surface area contributed by atoms with Gasteiger partial charge in [0.15, 0.2) is 0 Å². The molecule has 0 bridgehead atoms. The number of piperazine rings is 1. The van der Waals surface area contributed by atoms with Crippen LogP contribution in [0.1, 0.15) is 5.56 Å². The van der Waals surface area contributed by atoms with E-state index in [2.05, 4.69) is 10.2 Å². The van der Waals surface area contributed by atoms with Gasteiger partial charge in [-0.25, -0.2) is 13.5 Å². The summed E-state index contributed by atoms with van der Waals surface area (Å²) in [5, 5.41) is 6.09. The quantitative estimate of drug-likeness (QED) is 0.880.